The predicted octanol–water partition coefficient (Wildman–Crippen LogP) is 5.01. The maximum absolute atomic E-state index is 12.7. The number of benzene rings is 3. The number of carbonyl (C=O) groups is 1. The summed E-state index contributed by atoms with van der Waals surface area (Å²) in [5, 5.41) is 27.0. The smallest absolute Gasteiger partial charge is 0.274 e. The van der Waals surface area contributed by atoms with Gasteiger partial charge < -0.3 is 20.3 Å². The number of halogens is 1. The zero-order valence-electron chi connectivity index (χ0n) is 19.1. The van der Waals surface area contributed by atoms with Crippen molar-refractivity contribution in [1.29, 1.82) is 0 Å². The number of amides is 1. The van der Waals surface area contributed by atoms with Gasteiger partial charge in [0.15, 0.2) is 11.2 Å². The Balaban J connectivity index is 1.47. The van der Waals surface area contributed by atoms with Crippen LogP contribution in [0.4, 0.5) is 5.69 Å². The number of carbonyl (C=O) groups excluding carboxylic acids is 1. The molecule has 1 aliphatic heterocycles. The topological polar surface area (TPSA) is 91.7 Å². The molecule has 0 saturated heterocycles. The lowest BCUT2D eigenvalue weighted by Crippen LogP contribution is -2.51. The minimum atomic E-state index is -1.72. The molecule has 6 rings (SSSR count). The monoisotopic (exact) mass is 498 g/mol. The van der Waals surface area contributed by atoms with Crippen LogP contribution in [0, 0.1) is 0 Å². The first kappa shape index (κ1) is 22.7. The largest absolute Gasteiger partial charge is 0.478 e. The molecule has 1 aromatic heterocycles. The van der Waals surface area contributed by atoms with Crippen LogP contribution in [0.25, 0.3) is 0 Å². The van der Waals surface area contributed by atoms with Gasteiger partial charge in [-0.1, -0.05) is 66.2 Å². The lowest BCUT2D eigenvalue weighted by Gasteiger charge is -2.40. The van der Waals surface area contributed by atoms with Crippen LogP contribution < -0.4 is 10.1 Å². The number of aliphatic hydroxyl groups excluding tert-OH is 1. The van der Waals surface area contributed by atoms with Crippen LogP contribution in [0.15, 0.2) is 97.2 Å². The van der Waals surface area contributed by atoms with Crippen molar-refractivity contribution in [3.8, 4) is 5.75 Å². The Morgan fingerprint density at radius 1 is 1.00 bits per heavy atom. The van der Waals surface area contributed by atoms with E-state index >= 15 is 0 Å². The van der Waals surface area contributed by atoms with Crippen LogP contribution >= 0.6 is 11.6 Å². The molecule has 0 spiro atoms. The van der Waals surface area contributed by atoms with Crippen LogP contribution in [0.1, 0.15) is 39.5 Å². The molecule has 6 nitrogen and oxygen atoms in total. The Kier molecular flexibility index (Phi) is 5.34. The molecular weight excluding hydrogens is 476 g/mol. The summed E-state index contributed by atoms with van der Waals surface area (Å²) in [6.07, 6.45) is 0.771. The molecule has 36 heavy (non-hydrogen) atoms. The average molecular weight is 499 g/mol. The third-order valence-electron chi connectivity index (χ3n) is 7.29. The van der Waals surface area contributed by atoms with Gasteiger partial charge in [0.2, 0.25) is 0 Å². The van der Waals surface area contributed by atoms with Gasteiger partial charge in [-0.3, -0.25) is 9.78 Å². The van der Waals surface area contributed by atoms with E-state index in [1.807, 2.05) is 42.5 Å². The Morgan fingerprint density at radius 2 is 1.75 bits per heavy atom. The summed E-state index contributed by atoms with van der Waals surface area (Å²) in [6.45, 7) is 0. The SMILES string of the molecule is O=C(Nc1ccc2c(c1)OC1(c3ccc(Cl)cc3)C(c3ccccc3)CC(O)C21O)c1ccccn1. The number of ether oxygens (including phenoxy) is 1. The van der Waals surface area contributed by atoms with Gasteiger partial charge in [-0.15, -0.1) is 0 Å². The van der Waals surface area contributed by atoms with Crippen molar-refractivity contribution in [3.63, 3.8) is 0 Å². The van der Waals surface area contributed by atoms with Crippen LogP contribution in [0.3, 0.4) is 0 Å². The minimum absolute atomic E-state index is 0.284. The lowest BCUT2D eigenvalue weighted by atomic mass is 9.71. The van der Waals surface area contributed by atoms with Crippen LogP contribution in [0.5, 0.6) is 5.75 Å². The number of aliphatic hydroxyl groups is 2. The second-order valence-electron chi connectivity index (χ2n) is 9.21. The molecule has 180 valence electrons. The van der Waals surface area contributed by atoms with E-state index < -0.39 is 17.3 Å². The summed E-state index contributed by atoms with van der Waals surface area (Å²) in [5.74, 6) is -0.313. The Morgan fingerprint density at radius 3 is 2.47 bits per heavy atom. The average Bonchev–Trinajstić information content (AvgIpc) is 3.30. The highest BCUT2D eigenvalue weighted by molar-refractivity contribution is 6.30. The fraction of sp³-hybridized carbons (Fsp3) is 0.172. The highest BCUT2D eigenvalue weighted by Gasteiger charge is 2.72. The summed E-state index contributed by atoms with van der Waals surface area (Å²) in [7, 11) is 0. The maximum atomic E-state index is 12.7. The van der Waals surface area contributed by atoms with E-state index in [0.717, 1.165) is 5.56 Å². The molecule has 4 unspecified atom stereocenters. The van der Waals surface area contributed by atoms with Crippen molar-refractivity contribution in [2.75, 3.05) is 5.32 Å². The van der Waals surface area contributed by atoms with Gasteiger partial charge in [0.1, 0.15) is 11.4 Å². The van der Waals surface area contributed by atoms with Crippen molar-refractivity contribution >= 4 is 23.2 Å². The summed E-state index contributed by atoms with van der Waals surface area (Å²) in [6, 6.07) is 27.1. The van der Waals surface area contributed by atoms with E-state index in [2.05, 4.69) is 10.3 Å². The van der Waals surface area contributed by atoms with Crippen LogP contribution in [0.2, 0.25) is 5.02 Å². The molecule has 0 bridgehead atoms. The fourth-order valence-electron chi connectivity index (χ4n) is 5.70. The molecule has 7 heteroatoms. The van der Waals surface area contributed by atoms with E-state index in [1.54, 1.807) is 54.7 Å². The third kappa shape index (κ3) is 3.26. The number of hydrogen-bond acceptors (Lipinski definition) is 5. The Labute approximate surface area is 213 Å². The predicted molar refractivity (Wildman–Crippen MR) is 136 cm³/mol. The molecular formula is C29H23ClN2O4. The summed E-state index contributed by atoms with van der Waals surface area (Å²) in [5.41, 5.74) is -0.130. The molecule has 2 heterocycles. The zero-order valence-corrected chi connectivity index (χ0v) is 19.9. The summed E-state index contributed by atoms with van der Waals surface area (Å²) in [4.78, 5) is 16.8. The van der Waals surface area contributed by atoms with Gasteiger partial charge in [-0.2, -0.15) is 0 Å². The minimum Gasteiger partial charge on any atom is -0.478 e. The number of fused-ring (bicyclic) bond motifs is 3. The summed E-state index contributed by atoms with van der Waals surface area (Å²) < 4.78 is 6.69. The molecule has 3 aromatic carbocycles. The van der Waals surface area contributed by atoms with Gasteiger partial charge in [0.05, 0.1) is 6.10 Å². The quantitative estimate of drug-likeness (QED) is 0.368. The molecule has 3 N–H and O–H groups in total. The summed E-state index contributed by atoms with van der Waals surface area (Å²) >= 11 is 6.19. The highest BCUT2D eigenvalue weighted by atomic mass is 35.5. The maximum Gasteiger partial charge on any atom is 0.274 e. The first-order valence-corrected chi connectivity index (χ1v) is 12.1. The van der Waals surface area contributed by atoms with Crippen molar-refractivity contribution in [2.24, 2.45) is 0 Å². The normalized spacial score (nSPS) is 26.1. The Bertz CT molecular complexity index is 1430. The van der Waals surface area contributed by atoms with Crippen LogP contribution in [-0.2, 0) is 11.2 Å². The molecule has 4 atom stereocenters. The van der Waals surface area contributed by atoms with Gasteiger partial charge in [0.25, 0.3) is 5.91 Å². The Hall–Kier alpha value is -3.71. The molecule has 2 aliphatic rings. The number of pyridine rings is 1. The van der Waals surface area contributed by atoms with E-state index in [9.17, 15) is 15.0 Å². The fourth-order valence-corrected chi connectivity index (χ4v) is 5.83. The number of rotatable bonds is 4. The van der Waals surface area contributed by atoms with Gasteiger partial charge >= 0.3 is 0 Å². The van der Waals surface area contributed by atoms with E-state index in [1.165, 1.54) is 0 Å². The molecule has 4 aromatic rings. The third-order valence-corrected chi connectivity index (χ3v) is 7.54. The number of aromatic nitrogens is 1. The molecule has 1 aliphatic carbocycles. The van der Waals surface area contributed by atoms with Gasteiger partial charge in [-0.05, 0) is 47.9 Å². The first-order chi connectivity index (χ1) is 17.4. The number of nitrogens with one attached hydrogen (secondary N) is 1. The van der Waals surface area contributed by atoms with Crippen molar-refractivity contribution in [2.45, 2.75) is 29.6 Å². The van der Waals surface area contributed by atoms with Crippen molar-refractivity contribution < 1.29 is 19.7 Å². The second-order valence-corrected chi connectivity index (χ2v) is 9.64. The second kappa shape index (κ2) is 8.45. The zero-order chi connectivity index (χ0) is 24.9. The first-order valence-electron chi connectivity index (χ1n) is 11.7. The molecule has 0 radical (unpaired) electrons. The number of nitrogens with zero attached hydrogens (tertiary/aromatic N) is 1. The molecule has 1 saturated carbocycles. The van der Waals surface area contributed by atoms with Crippen LogP contribution in [-0.4, -0.2) is 27.2 Å². The van der Waals surface area contributed by atoms with E-state index in [4.69, 9.17) is 16.3 Å². The highest BCUT2D eigenvalue weighted by Crippen LogP contribution is 2.66. The lowest BCUT2D eigenvalue weighted by molar-refractivity contribution is -0.149. The standard InChI is InChI=1S/C29H23ClN2O4/c30-20-11-9-19(10-12-20)29-23(18-6-2-1-3-7-18)17-26(33)28(29,35)22-14-13-21(16-25(22)36-29)32-27(34)24-8-4-5-15-31-24/h1-16,23,26,33,35H,17H2,(H,32,34). The van der Waals surface area contributed by atoms with E-state index in [0.29, 0.717) is 34.0 Å². The van der Waals surface area contributed by atoms with E-state index in [-0.39, 0.29) is 17.5 Å². The number of hydrogen-bond donors (Lipinski definition) is 3. The number of anilines is 1. The molecule has 1 amide bonds. The van der Waals surface area contributed by atoms with Crippen molar-refractivity contribution in [1.82, 2.24) is 4.98 Å². The van der Waals surface area contributed by atoms with Gasteiger partial charge in [-0.25, -0.2) is 0 Å². The van der Waals surface area contributed by atoms with Gasteiger partial charge in [0, 0.05) is 34.5 Å². The van der Waals surface area contributed by atoms with Crippen molar-refractivity contribution in [3.05, 3.63) is 125 Å². The molecule has 1 fully saturated rings.